The van der Waals surface area contributed by atoms with Gasteiger partial charge in [0.15, 0.2) is 6.29 Å². The Kier molecular flexibility index (Phi) is 4.07. The van der Waals surface area contributed by atoms with E-state index in [1.165, 1.54) is 0 Å². The second-order valence-electron chi connectivity index (χ2n) is 5.32. The third kappa shape index (κ3) is 4.22. The molecular weight excluding hydrogens is 246 g/mol. The van der Waals surface area contributed by atoms with Crippen molar-refractivity contribution in [2.24, 2.45) is 0 Å². The highest BCUT2D eigenvalue weighted by Crippen LogP contribution is 2.24. The number of anilines is 1. The molecule has 1 heterocycles. The van der Waals surface area contributed by atoms with Gasteiger partial charge in [0.2, 0.25) is 0 Å². The van der Waals surface area contributed by atoms with E-state index in [1.54, 1.807) is 12.1 Å². The van der Waals surface area contributed by atoms with E-state index in [0.29, 0.717) is 18.9 Å². The first kappa shape index (κ1) is 13.8. The lowest BCUT2D eigenvalue weighted by Crippen LogP contribution is -2.27. The van der Waals surface area contributed by atoms with Crippen LogP contribution in [0.1, 0.15) is 32.6 Å². The van der Waals surface area contributed by atoms with Crippen molar-refractivity contribution in [3.8, 4) is 0 Å². The van der Waals surface area contributed by atoms with Crippen molar-refractivity contribution in [1.29, 1.82) is 0 Å². The molecule has 1 fully saturated rings. The van der Waals surface area contributed by atoms with Crippen molar-refractivity contribution in [2.75, 3.05) is 18.5 Å². The van der Waals surface area contributed by atoms with E-state index in [0.717, 1.165) is 5.56 Å². The van der Waals surface area contributed by atoms with Gasteiger partial charge in [-0.2, -0.15) is 0 Å². The van der Waals surface area contributed by atoms with Crippen LogP contribution in [0.3, 0.4) is 0 Å². The second-order valence-corrected chi connectivity index (χ2v) is 5.32. The van der Waals surface area contributed by atoms with Gasteiger partial charge in [0.05, 0.1) is 13.2 Å². The molecule has 0 radical (unpaired) electrons. The standard InChI is InChI=1S/C14H19NO4/c1-14(2,3)19-13(16)15-11-6-4-10(5-7-11)12-17-8-9-18-12/h4-7,12H,8-9H2,1-3H3,(H,15,16). The van der Waals surface area contributed by atoms with Crippen molar-refractivity contribution in [3.63, 3.8) is 0 Å². The number of benzene rings is 1. The van der Waals surface area contributed by atoms with Crippen LogP contribution in [0.25, 0.3) is 0 Å². The molecule has 1 aliphatic heterocycles. The van der Waals surface area contributed by atoms with Crippen molar-refractivity contribution >= 4 is 11.8 Å². The predicted molar refractivity (Wildman–Crippen MR) is 70.9 cm³/mol. The predicted octanol–water partition coefficient (Wildman–Crippen LogP) is 3.08. The number of hydrogen-bond donors (Lipinski definition) is 1. The molecule has 2 rings (SSSR count). The third-order valence-corrected chi connectivity index (χ3v) is 2.45. The van der Waals surface area contributed by atoms with E-state index in [9.17, 15) is 4.79 Å². The fourth-order valence-corrected chi connectivity index (χ4v) is 1.70. The minimum absolute atomic E-state index is 0.296. The van der Waals surface area contributed by atoms with Crippen LogP contribution in [-0.2, 0) is 14.2 Å². The van der Waals surface area contributed by atoms with Crippen molar-refractivity contribution < 1.29 is 19.0 Å². The van der Waals surface area contributed by atoms with E-state index < -0.39 is 11.7 Å². The number of amides is 1. The second kappa shape index (κ2) is 5.59. The lowest BCUT2D eigenvalue weighted by atomic mass is 10.2. The molecule has 1 aliphatic rings. The molecule has 0 unspecified atom stereocenters. The molecule has 0 aromatic heterocycles. The average molecular weight is 265 g/mol. The molecule has 0 aliphatic carbocycles. The molecule has 0 saturated carbocycles. The molecule has 0 bridgehead atoms. The summed E-state index contributed by atoms with van der Waals surface area (Å²) in [5, 5.41) is 2.67. The first-order valence-electron chi connectivity index (χ1n) is 6.27. The molecule has 1 saturated heterocycles. The van der Waals surface area contributed by atoms with E-state index in [4.69, 9.17) is 14.2 Å². The zero-order chi connectivity index (χ0) is 13.9. The lowest BCUT2D eigenvalue weighted by Gasteiger charge is -2.19. The number of carbonyl (C=O) groups is 1. The maximum atomic E-state index is 11.6. The van der Waals surface area contributed by atoms with Gasteiger partial charge in [-0.3, -0.25) is 5.32 Å². The largest absolute Gasteiger partial charge is 0.444 e. The Hall–Kier alpha value is -1.59. The summed E-state index contributed by atoms with van der Waals surface area (Å²) in [4.78, 5) is 11.6. The van der Waals surface area contributed by atoms with Crippen LogP contribution >= 0.6 is 0 Å². The van der Waals surface area contributed by atoms with Crippen LogP contribution in [-0.4, -0.2) is 24.9 Å². The number of ether oxygens (including phenoxy) is 3. The topological polar surface area (TPSA) is 56.8 Å². The Balaban J connectivity index is 1.93. The number of hydrogen-bond acceptors (Lipinski definition) is 4. The van der Waals surface area contributed by atoms with Crippen LogP contribution in [0.4, 0.5) is 10.5 Å². The Morgan fingerprint density at radius 1 is 1.21 bits per heavy atom. The van der Waals surface area contributed by atoms with Gasteiger partial charge in [-0.25, -0.2) is 4.79 Å². The minimum atomic E-state index is -0.504. The first-order valence-corrected chi connectivity index (χ1v) is 6.27. The zero-order valence-electron chi connectivity index (χ0n) is 11.4. The van der Waals surface area contributed by atoms with E-state index in [-0.39, 0.29) is 6.29 Å². The number of carbonyl (C=O) groups excluding carboxylic acids is 1. The van der Waals surface area contributed by atoms with Crippen LogP contribution in [0.2, 0.25) is 0 Å². The van der Waals surface area contributed by atoms with Crippen LogP contribution in [0.15, 0.2) is 24.3 Å². The molecule has 0 spiro atoms. The van der Waals surface area contributed by atoms with Gasteiger partial charge in [-0.15, -0.1) is 0 Å². The number of rotatable bonds is 2. The minimum Gasteiger partial charge on any atom is -0.444 e. The molecule has 5 heteroatoms. The van der Waals surface area contributed by atoms with Gasteiger partial charge in [0.25, 0.3) is 0 Å². The summed E-state index contributed by atoms with van der Waals surface area (Å²) in [7, 11) is 0. The van der Waals surface area contributed by atoms with Gasteiger partial charge >= 0.3 is 6.09 Å². The zero-order valence-corrected chi connectivity index (χ0v) is 11.4. The molecule has 1 aromatic carbocycles. The third-order valence-electron chi connectivity index (χ3n) is 2.45. The molecule has 1 amide bonds. The van der Waals surface area contributed by atoms with Gasteiger partial charge in [-0.1, -0.05) is 12.1 Å². The summed E-state index contributed by atoms with van der Waals surface area (Å²) < 4.78 is 16.0. The van der Waals surface area contributed by atoms with Gasteiger partial charge in [0, 0.05) is 11.3 Å². The molecule has 0 atom stereocenters. The Bertz CT molecular complexity index is 430. The SMILES string of the molecule is CC(C)(C)OC(=O)Nc1ccc(C2OCCO2)cc1. The van der Waals surface area contributed by atoms with Gasteiger partial charge in [0.1, 0.15) is 5.60 Å². The van der Waals surface area contributed by atoms with E-state index >= 15 is 0 Å². The fraction of sp³-hybridized carbons (Fsp3) is 0.500. The summed E-state index contributed by atoms with van der Waals surface area (Å²) in [5.41, 5.74) is 1.11. The molecule has 1 aromatic rings. The van der Waals surface area contributed by atoms with Gasteiger partial charge < -0.3 is 14.2 Å². The Labute approximate surface area is 112 Å². The highest BCUT2D eigenvalue weighted by atomic mass is 16.7. The van der Waals surface area contributed by atoms with E-state index in [1.807, 2.05) is 32.9 Å². The average Bonchev–Trinajstić information content (AvgIpc) is 2.80. The highest BCUT2D eigenvalue weighted by Gasteiger charge is 2.19. The molecule has 104 valence electrons. The normalized spacial score (nSPS) is 16.4. The van der Waals surface area contributed by atoms with Crippen LogP contribution in [0.5, 0.6) is 0 Å². The summed E-state index contributed by atoms with van der Waals surface area (Å²) >= 11 is 0. The number of nitrogens with one attached hydrogen (secondary N) is 1. The lowest BCUT2D eigenvalue weighted by molar-refractivity contribution is -0.0441. The summed E-state index contributed by atoms with van der Waals surface area (Å²) in [5.74, 6) is 0. The fourth-order valence-electron chi connectivity index (χ4n) is 1.70. The maximum absolute atomic E-state index is 11.6. The van der Waals surface area contributed by atoms with Crippen LogP contribution in [0, 0.1) is 0 Å². The van der Waals surface area contributed by atoms with Gasteiger partial charge in [-0.05, 0) is 32.9 Å². The van der Waals surface area contributed by atoms with E-state index in [2.05, 4.69) is 5.32 Å². The highest BCUT2D eigenvalue weighted by molar-refractivity contribution is 5.84. The van der Waals surface area contributed by atoms with Crippen molar-refractivity contribution in [2.45, 2.75) is 32.7 Å². The smallest absolute Gasteiger partial charge is 0.412 e. The van der Waals surface area contributed by atoms with Crippen molar-refractivity contribution in [3.05, 3.63) is 29.8 Å². The molecular formula is C14H19NO4. The summed E-state index contributed by atoms with van der Waals surface area (Å²) in [6, 6.07) is 7.32. The summed E-state index contributed by atoms with van der Waals surface area (Å²) in [6.45, 7) is 6.70. The van der Waals surface area contributed by atoms with Crippen molar-refractivity contribution in [1.82, 2.24) is 0 Å². The quantitative estimate of drug-likeness (QED) is 0.892. The Morgan fingerprint density at radius 3 is 2.32 bits per heavy atom. The monoisotopic (exact) mass is 265 g/mol. The Morgan fingerprint density at radius 2 is 1.79 bits per heavy atom. The van der Waals surface area contributed by atoms with Crippen LogP contribution < -0.4 is 5.32 Å². The molecule has 19 heavy (non-hydrogen) atoms. The molecule has 5 nitrogen and oxygen atoms in total. The molecule has 1 N–H and O–H groups in total. The first-order chi connectivity index (χ1) is 8.94. The summed E-state index contributed by atoms with van der Waals surface area (Å²) in [6.07, 6.45) is -0.760. The maximum Gasteiger partial charge on any atom is 0.412 e.